The minimum Gasteiger partial charge on any atom is -0.394 e. The largest absolute Gasteiger partial charge is 0.394 e. The number of aliphatic hydroxyl groups excluding tert-OH is 1. The summed E-state index contributed by atoms with van der Waals surface area (Å²) in [5, 5.41) is 11.5. The van der Waals surface area contributed by atoms with Gasteiger partial charge in [-0.25, -0.2) is 4.98 Å². The predicted octanol–water partition coefficient (Wildman–Crippen LogP) is -1.07. The Morgan fingerprint density at radius 2 is 2.53 bits per heavy atom. The molecule has 7 nitrogen and oxygen atoms in total. The molecule has 7 heteroatoms. The highest BCUT2D eigenvalue weighted by atomic mass is 16.5. The molecule has 0 aliphatic carbocycles. The first-order valence-corrected chi connectivity index (χ1v) is 4.58. The molecule has 0 radical (unpaired) electrons. The summed E-state index contributed by atoms with van der Waals surface area (Å²) in [7, 11) is 0. The number of aromatic amines is 1. The third kappa shape index (κ3) is 1.92. The minimum absolute atomic E-state index is 0.0169. The van der Waals surface area contributed by atoms with Gasteiger partial charge in [0.15, 0.2) is 5.82 Å². The smallest absolute Gasteiger partial charge is 0.276 e. The fourth-order valence-corrected chi connectivity index (χ4v) is 1.38. The van der Waals surface area contributed by atoms with Crippen LogP contribution in [0.25, 0.3) is 0 Å². The second-order valence-electron chi connectivity index (χ2n) is 3.07. The standard InChI is InChI=1S/C8H12N4O3/c13-1-2-15-5-12-4-11-6-7(12)9-3-10-8(6)14/h3,11,13H,1-2,4-5H2,(H,9,10,14). The second-order valence-corrected chi connectivity index (χ2v) is 3.07. The molecule has 1 aromatic heterocycles. The summed E-state index contributed by atoms with van der Waals surface area (Å²) in [6, 6.07) is 0. The van der Waals surface area contributed by atoms with Gasteiger partial charge in [0.1, 0.15) is 12.4 Å². The van der Waals surface area contributed by atoms with Crippen LogP contribution in [0.3, 0.4) is 0 Å². The van der Waals surface area contributed by atoms with Crippen molar-refractivity contribution in [1.82, 2.24) is 9.97 Å². The molecule has 15 heavy (non-hydrogen) atoms. The van der Waals surface area contributed by atoms with Crippen molar-refractivity contribution in [3.63, 3.8) is 0 Å². The number of nitrogens with one attached hydrogen (secondary N) is 2. The lowest BCUT2D eigenvalue weighted by Gasteiger charge is -2.15. The van der Waals surface area contributed by atoms with Gasteiger partial charge in [0.2, 0.25) is 0 Å². The highest BCUT2D eigenvalue weighted by Crippen LogP contribution is 2.23. The minimum atomic E-state index is -0.190. The molecule has 0 amide bonds. The SMILES string of the molecule is O=c1[nH]cnc2c1NCN2COCCO. The van der Waals surface area contributed by atoms with Gasteiger partial charge in [0, 0.05) is 0 Å². The summed E-state index contributed by atoms with van der Waals surface area (Å²) in [4.78, 5) is 19.6. The van der Waals surface area contributed by atoms with Crippen molar-refractivity contribution in [1.29, 1.82) is 0 Å². The van der Waals surface area contributed by atoms with E-state index in [1.807, 2.05) is 0 Å². The van der Waals surface area contributed by atoms with Gasteiger partial charge in [-0.2, -0.15) is 0 Å². The molecule has 1 aromatic rings. The van der Waals surface area contributed by atoms with Crippen molar-refractivity contribution in [2.75, 3.05) is 36.8 Å². The Labute approximate surface area is 85.7 Å². The first-order valence-electron chi connectivity index (χ1n) is 4.58. The third-order valence-corrected chi connectivity index (χ3v) is 2.06. The maximum Gasteiger partial charge on any atom is 0.276 e. The van der Waals surface area contributed by atoms with E-state index >= 15 is 0 Å². The summed E-state index contributed by atoms with van der Waals surface area (Å²) in [5.74, 6) is 0.580. The van der Waals surface area contributed by atoms with Crippen molar-refractivity contribution in [2.45, 2.75) is 0 Å². The molecule has 0 unspecified atom stereocenters. The number of hydrogen-bond acceptors (Lipinski definition) is 6. The zero-order valence-electron chi connectivity index (χ0n) is 8.06. The van der Waals surface area contributed by atoms with E-state index in [9.17, 15) is 4.79 Å². The maximum absolute atomic E-state index is 11.3. The fraction of sp³-hybridized carbons (Fsp3) is 0.500. The van der Waals surface area contributed by atoms with Crippen LogP contribution in [0.1, 0.15) is 0 Å². The average molecular weight is 212 g/mol. The van der Waals surface area contributed by atoms with Gasteiger partial charge in [0.05, 0.1) is 26.2 Å². The van der Waals surface area contributed by atoms with Crippen LogP contribution < -0.4 is 15.8 Å². The molecule has 1 aliphatic rings. The zero-order valence-corrected chi connectivity index (χ0v) is 8.06. The maximum atomic E-state index is 11.3. The molecule has 82 valence electrons. The summed E-state index contributed by atoms with van der Waals surface area (Å²) in [6.07, 6.45) is 1.35. The molecule has 3 N–H and O–H groups in total. The lowest BCUT2D eigenvalue weighted by atomic mass is 10.5. The van der Waals surface area contributed by atoms with Crippen LogP contribution in [0.4, 0.5) is 11.5 Å². The monoisotopic (exact) mass is 212 g/mol. The Bertz CT molecular complexity index is 392. The summed E-state index contributed by atoms with van der Waals surface area (Å²) in [5.41, 5.74) is 0.273. The van der Waals surface area contributed by atoms with Gasteiger partial charge < -0.3 is 25.0 Å². The molecule has 0 saturated carbocycles. The number of H-pyrrole nitrogens is 1. The molecule has 0 aromatic carbocycles. The topological polar surface area (TPSA) is 90.5 Å². The molecule has 0 fully saturated rings. The van der Waals surface area contributed by atoms with Crippen molar-refractivity contribution in [2.24, 2.45) is 0 Å². The van der Waals surface area contributed by atoms with Crippen LogP contribution in [0, 0.1) is 0 Å². The van der Waals surface area contributed by atoms with Crippen LogP contribution in [0.15, 0.2) is 11.1 Å². The summed E-state index contributed by atoms with van der Waals surface area (Å²) < 4.78 is 5.15. The van der Waals surface area contributed by atoms with E-state index in [-0.39, 0.29) is 18.8 Å². The molecule has 2 rings (SSSR count). The first kappa shape index (κ1) is 9.94. The highest BCUT2D eigenvalue weighted by molar-refractivity contribution is 5.68. The van der Waals surface area contributed by atoms with Crippen LogP contribution in [-0.2, 0) is 4.74 Å². The number of ether oxygens (including phenoxy) is 1. The Morgan fingerprint density at radius 3 is 3.33 bits per heavy atom. The van der Waals surface area contributed by atoms with E-state index in [1.54, 1.807) is 4.90 Å². The molecule has 0 saturated heterocycles. The number of anilines is 2. The molecular weight excluding hydrogens is 200 g/mol. The molecule has 0 bridgehead atoms. The Kier molecular flexibility index (Phi) is 2.84. The number of hydrogen-bond donors (Lipinski definition) is 3. The quantitative estimate of drug-likeness (QED) is 0.550. The van der Waals surface area contributed by atoms with E-state index in [1.165, 1.54) is 6.33 Å². The van der Waals surface area contributed by atoms with Crippen LogP contribution >= 0.6 is 0 Å². The number of rotatable bonds is 4. The normalized spacial score (nSPS) is 13.8. The lowest BCUT2D eigenvalue weighted by Crippen LogP contribution is -2.27. The van der Waals surface area contributed by atoms with Crippen LogP contribution in [0.2, 0.25) is 0 Å². The van der Waals surface area contributed by atoms with Crippen molar-refractivity contribution >= 4 is 11.5 Å². The molecule has 1 aliphatic heterocycles. The van der Waals surface area contributed by atoms with E-state index in [2.05, 4.69) is 15.3 Å². The van der Waals surface area contributed by atoms with Crippen molar-refractivity contribution in [3.05, 3.63) is 16.7 Å². The van der Waals surface area contributed by atoms with Gasteiger partial charge in [-0.05, 0) is 0 Å². The third-order valence-electron chi connectivity index (χ3n) is 2.06. The number of aliphatic hydroxyl groups is 1. The second kappa shape index (κ2) is 4.28. The summed E-state index contributed by atoms with van der Waals surface area (Å²) >= 11 is 0. The molecular formula is C8H12N4O3. The Hall–Kier alpha value is -1.60. The fourth-order valence-electron chi connectivity index (χ4n) is 1.38. The van der Waals surface area contributed by atoms with E-state index in [0.717, 1.165) is 0 Å². The van der Waals surface area contributed by atoms with Gasteiger partial charge in [0.25, 0.3) is 5.56 Å². The summed E-state index contributed by atoms with van der Waals surface area (Å²) in [6.45, 7) is 1.05. The Morgan fingerprint density at radius 1 is 1.67 bits per heavy atom. The number of nitrogens with zero attached hydrogens (tertiary/aromatic N) is 2. The average Bonchev–Trinajstić information content (AvgIpc) is 2.64. The number of fused-ring (bicyclic) bond motifs is 1. The molecule has 0 atom stereocenters. The zero-order chi connectivity index (χ0) is 10.7. The van der Waals surface area contributed by atoms with Crippen molar-refractivity contribution < 1.29 is 9.84 Å². The van der Waals surface area contributed by atoms with Gasteiger partial charge >= 0.3 is 0 Å². The Balaban J connectivity index is 2.08. The van der Waals surface area contributed by atoms with E-state index in [4.69, 9.17) is 9.84 Å². The number of aromatic nitrogens is 2. The first-order chi connectivity index (χ1) is 7.33. The van der Waals surface area contributed by atoms with Gasteiger partial charge in [-0.15, -0.1) is 0 Å². The highest BCUT2D eigenvalue weighted by Gasteiger charge is 2.22. The van der Waals surface area contributed by atoms with Crippen LogP contribution in [-0.4, -0.2) is 41.7 Å². The van der Waals surface area contributed by atoms with Crippen LogP contribution in [0.5, 0.6) is 0 Å². The van der Waals surface area contributed by atoms with Crippen molar-refractivity contribution in [3.8, 4) is 0 Å². The van der Waals surface area contributed by atoms with Gasteiger partial charge in [-0.1, -0.05) is 0 Å². The lowest BCUT2D eigenvalue weighted by molar-refractivity contribution is 0.0934. The van der Waals surface area contributed by atoms with Gasteiger partial charge in [-0.3, -0.25) is 4.79 Å². The predicted molar refractivity (Wildman–Crippen MR) is 53.7 cm³/mol. The van der Waals surface area contributed by atoms with E-state index < -0.39 is 0 Å². The molecule has 0 spiro atoms. The molecule has 2 heterocycles. The van der Waals surface area contributed by atoms with E-state index in [0.29, 0.717) is 24.9 Å².